The van der Waals surface area contributed by atoms with Gasteiger partial charge in [0.1, 0.15) is 11.7 Å². The average Bonchev–Trinajstić information content (AvgIpc) is 3.37. The van der Waals surface area contributed by atoms with Crippen molar-refractivity contribution in [2.75, 3.05) is 19.6 Å². The maximum atomic E-state index is 13.0. The quantitative estimate of drug-likeness (QED) is 0.835. The molecule has 5 rings (SSSR count). The van der Waals surface area contributed by atoms with Crippen LogP contribution >= 0.6 is 0 Å². The predicted octanol–water partition coefficient (Wildman–Crippen LogP) is 2.49. The zero-order valence-corrected chi connectivity index (χ0v) is 16.3. The van der Waals surface area contributed by atoms with Crippen molar-refractivity contribution >= 4 is 28.7 Å². The summed E-state index contributed by atoms with van der Waals surface area (Å²) >= 11 is 0. The number of likely N-dealkylation sites (tertiary alicyclic amines) is 2. The second-order valence-corrected chi connectivity index (χ2v) is 8.86. The number of nitrogens with one attached hydrogen (secondary N) is 1. The number of hydrogen-bond acceptors (Lipinski definition) is 3. The van der Waals surface area contributed by atoms with Crippen molar-refractivity contribution in [2.24, 2.45) is 11.3 Å². The van der Waals surface area contributed by atoms with Crippen molar-refractivity contribution < 1.29 is 19.5 Å². The monoisotopic (exact) mass is 395 g/mol. The molecule has 0 unspecified atom stereocenters. The molecule has 1 spiro atoms. The molecule has 1 aliphatic carbocycles. The Morgan fingerprint density at radius 1 is 1.10 bits per heavy atom. The van der Waals surface area contributed by atoms with E-state index in [9.17, 15) is 19.5 Å². The molecule has 152 valence electrons. The average molecular weight is 395 g/mol. The number of carboxylic acids is 1. The van der Waals surface area contributed by atoms with Crippen LogP contribution in [-0.2, 0) is 9.59 Å². The van der Waals surface area contributed by atoms with Crippen LogP contribution < -0.4 is 0 Å². The van der Waals surface area contributed by atoms with Gasteiger partial charge in [-0.1, -0.05) is 18.2 Å². The van der Waals surface area contributed by atoms with Crippen molar-refractivity contribution in [1.29, 1.82) is 0 Å². The van der Waals surface area contributed by atoms with Crippen LogP contribution in [0.3, 0.4) is 0 Å². The smallest absolute Gasteiger partial charge is 0.326 e. The van der Waals surface area contributed by atoms with Crippen molar-refractivity contribution in [3.63, 3.8) is 0 Å². The second-order valence-electron chi connectivity index (χ2n) is 8.86. The van der Waals surface area contributed by atoms with Gasteiger partial charge in [0.15, 0.2) is 0 Å². The summed E-state index contributed by atoms with van der Waals surface area (Å²) in [5.74, 6) is -0.899. The first-order chi connectivity index (χ1) is 14.0. The summed E-state index contributed by atoms with van der Waals surface area (Å²) in [6.45, 7) is 1.69. The number of carboxylic acid groups (broad SMARTS) is 1. The van der Waals surface area contributed by atoms with Gasteiger partial charge < -0.3 is 19.9 Å². The van der Waals surface area contributed by atoms with Gasteiger partial charge in [-0.15, -0.1) is 0 Å². The van der Waals surface area contributed by atoms with E-state index in [4.69, 9.17) is 0 Å². The molecule has 2 N–H and O–H groups in total. The van der Waals surface area contributed by atoms with Gasteiger partial charge in [0.2, 0.25) is 5.91 Å². The Kier molecular flexibility index (Phi) is 4.15. The van der Waals surface area contributed by atoms with Gasteiger partial charge in [-0.05, 0) is 49.7 Å². The molecular weight excluding hydrogens is 370 g/mol. The number of hydrogen-bond donors (Lipinski definition) is 2. The maximum absolute atomic E-state index is 13.0. The maximum Gasteiger partial charge on any atom is 0.326 e. The van der Waals surface area contributed by atoms with Crippen molar-refractivity contribution in [3.05, 3.63) is 36.0 Å². The molecule has 1 saturated carbocycles. The molecule has 29 heavy (non-hydrogen) atoms. The molecular formula is C22H25N3O4. The van der Waals surface area contributed by atoms with Crippen molar-refractivity contribution in [3.8, 4) is 0 Å². The lowest BCUT2D eigenvalue weighted by molar-refractivity contribution is -0.148. The lowest BCUT2D eigenvalue weighted by Gasteiger charge is -2.39. The third kappa shape index (κ3) is 3.18. The van der Waals surface area contributed by atoms with E-state index in [2.05, 4.69) is 4.98 Å². The summed E-state index contributed by atoms with van der Waals surface area (Å²) in [7, 11) is 0. The number of aromatic amines is 1. The Labute approximate surface area is 168 Å². The normalized spacial score (nSPS) is 23.7. The van der Waals surface area contributed by atoms with Gasteiger partial charge in [0.05, 0.1) is 0 Å². The summed E-state index contributed by atoms with van der Waals surface area (Å²) in [5.41, 5.74) is 1.34. The first kappa shape index (κ1) is 18.2. The zero-order valence-electron chi connectivity index (χ0n) is 16.3. The number of rotatable bonds is 3. The Morgan fingerprint density at radius 2 is 1.83 bits per heavy atom. The molecule has 2 aromatic rings. The fraction of sp³-hybridized carbons (Fsp3) is 0.500. The molecule has 2 aliphatic heterocycles. The van der Waals surface area contributed by atoms with Gasteiger partial charge in [-0.3, -0.25) is 9.59 Å². The molecule has 2 amide bonds. The largest absolute Gasteiger partial charge is 0.480 e. The van der Waals surface area contributed by atoms with E-state index in [1.54, 1.807) is 4.90 Å². The number of amides is 2. The highest BCUT2D eigenvalue weighted by molar-refractivity contribution is 5.98. The summed E-state index contributed by atoms with van der Waals surface area (Å²) in [6.07, 6.45) is 3.71. The fourth-order valence-electron chi connectivity index (χ4n) is 4.98. The molecule has 1 aromatic heterocycles. The second kappa shape index (κ2) is 6.61. The lowest BCUT2D eigenvalue weighted by Crippen LogP contribution is -2.45. The van der Waals surface area contributed by atoms with Crippen LogP contribution in [-0.4, -0.2) is 63.4 Å². The van der Waals surface area contributed by atoms with E-state index in [-0.39, 0.29) is 23.1 Å². The highest BCUT2D eigenvalue weighted by Crippen LogP contribution is 2.45. The topological polar surface area (TPSA) is 93.7 Å². The van der Waals surface area contributed by atoms with Crippen molar-refractivity contribution in [2.45, 2.75) is 38.1 Å². The lowest BCUT2D eigenvalue weighted by atomic mass is 9.76. The minimum absolute atomic E-state index is 0.00542. The molecule has 0 bridgehead atoms. The molecule has 3 aliphatic rings. The number of para-hydroxylation sites is 1. The number of aromatic nitrogens is 1. The molecule has 7 heteroatoms. The summed E-state index contributed by atoms with van der Waals surface area (Å²) in [6, 6.07) is 8.97. The zero-order chi connectivity index (χ0) is 20.2. The van der Waals surface area contributed by atoms with Crippen LogP contribution in [0.15, 0.2) is 30.3 Å². The number of aliphatic carboxylic acids is 1. The van der Waals surface area contributed by atoms with E-state index < -0.39 is 12.0 Å². The molecule has 7 nitrogen and oxygen atoms in total. The van der Waals surface area contributed by atoms with Crippen LogP contribution in [0.5, 0.6) is 0 Å². The number of carbonyl (C=O) groups is 3. The van der Waals surface area contributed by atoms with E-state index in [0.717, 1.165) is 36.6 Å². The Balaban J connectivity index is 1.28. The number of benzene rings is 1. The van der Waals surface area contributed by atoms with Gasteiger partial charge in [-0.25, -0.2) is 4.79 Å². The Bertz CT molecular complexity index is 952. The Hall–Kier alpha value is -2.83. The minimum atomic E-state index is -0.910. The summed E-state index contributed by atoms with van der Waals surface area (Å²) in [4.78, 5) is 43.9. The van der Waals surface area contributed by atoms with Crippen LogP contribution in [0.2, 0.25) is 0 Å². The standard InChI is InChI=1S/C22H25N3O4/c26-19(14-5-6-14)25-13-22(12-18(25)21(28)29)7-9-24(10-8-22)20(27)17-11-15-3-1-2-4-16(15)23-17/h1-4,11,14,18,23H,5-10,12-13H2,(H,28,29)/t18-/m1/s1. The predicted molar refractivity (Wildman–Crippen MR) is 106 cm³/mol. The SMILES string of the molecule is O=C(O)[C@H]1CC2(CCN(C(=O)c3cc4ccccc4[nH]3)CC2)CN1C(=O)C1CC1. The molecule has 3 heterocycles. The van der Waals surface area contributed by atoms with Crippen LogP contribution in [0, 0.1) is 11.3 Å². The third-order valence-electron chi connectivity index (χ3n) is 6.87. The van der Waals surface area contributed by atoms with Gasteiger partial charge in [0.25, 0.3) is 5.91 Å². The van der Waals surface area contributed by atoms with Crippen LogP contribution in [0.4, 0.5) is 0 Å². The van der Waals surface area contributed by atoms with Gasteiger partial charge >= 0.3 is 5.97 Å². The Morgan fingerprint density at radius 3 is 2.48 bits per heavy atom. The molecule has 1 aromatic carbocycles. The number of nitrogens with zero attached hydrogens (tertiary/aromatic N) is 2. The summed E-state index contributed by atoms with van der Waals surface area (Å²) < 4.78 is 0. The first-order valence-corrected chi connectivity index (χ1v) is 10.4. The van der Waals surface area contributed by atoms with E-state index >= 15 is 0 Å². The number of carbonyl (C=O) groups excluding carboxylic acids is 2. The van der Waals surface area contributed by atoms with E-state index in [1.165, 1.54) is 0 Å². The molecule has 3 fully saturated rings. The number of piperidine rings is 1. The summed E-state index contributed by atoms with van der Waals surface area (Å²) in [5, 5.41) is 10.7. The first-order valence-electron chi connectivity index (χ1n) is 10.4. The van der Waals surface area contributed by atoms with Gasteiger partial charge in [0, 0.05) is 36.5 Å². The van der Waals surface area contributed by atoms with Gasteiger partial charge in [-0.2, -0.15) is 0 Å². The number of H-pyrrole nitrogens is 1. The van der Waals surface area contributed by atoms with E-state index in [1.807, 2.05) is 35.2 Å². The third-order valence-corrected chi connectivity index (χ3v) is 6.87. The highest BCUT2D eigenvalue weighted by atomic mass is 16.4. The van der Waals surface area contributed by atoms with E-state index in [0.29, 0.717) is 31.7 Å². The van der Waals surface area contributed by atoms with Crippen LogP contribution in [0.25, 0.3) is 10.9 Å². The van der Waals surface area contributed by atoms with Crippen LogP contribution in [0.1, 0.15) is 42.6 Å². The minimum Gasteiger partial charge on any atom is -0.480 e. The fourth-order valence-corrected chi connectivity index (χ4v) is 4.98. The molecule has 2 saturated heterocycles. The van der Waals surface area contributed by atoms with Crippen molar-refractivity contribution in [1.82, 2.24) is 14.8 Å². The molecule has 1 atom stereocenters. The molecule has 0 radical (unpaired) electrons. The number of fused-ring (bicyclic) bond motifs is 1. The highest BCUT2D eigenvalue weighted by Gasteiger charge is 2.52.